The van der Waals surface area contributed by atoms with Gasteiger partial charge in [0.1, 0.15) is 0 Å². The highest BCUT2D eigenvalue weighted by Gasteiger charge is 2.07. The van der Waals surface area contributed by atoms with Gasteiger partial charge in [0, 0.05) is 22.2 Å². The quantitative estimate of drug-likeness (QED) is 0.886. The van der Waals surface area contributed by atoms with Crippen LogP contribution in [0.15, 0.2) is 18.2 Å². The number of hydrogen-bond donors (Lipinski definition) is 1. The predicted octanol–water partition coefficient (Wildman–Crippen LogP) is 3.26. The molecular formula is C10H12Cl2OS. The Labute approximate surface area is 98.4 Å². The molecule has 0 spiro atoms. The minimum atomic E-state index is -0.344. The van der Waals surface area contributed by atoms with Gasteiger partial charge < -0.3 is 5.11 Å². The van der Waals surface area contributed by atoms with Gasteiger partial charge in [0.15, 0.2) is 0 Å². The van der Waals surface area contributed by atoms with Crippen LogP contribution >= 0.6 is 35.0 Å². The molecule has 0 aliphatic rings. The zero-order valence-electron chi connectivity index (χ0n) is 7.84. The summed E-state index contributed by atoms with van der Waals surface area (Å²) in [6.45, 7) is 0. The van der Waals surface area contributed by atoms with Crippen LogP contribution < -0.4 is 0 Å². The van der Waals surface area contributed by atoms with E-state index in [1.54, 1.807) is 23.9 Å². The molecule has 1 aromatic rings. The van der Waals surface area contributed by atoms with Crippen molar-refractivity contribution in [2.45, 2.75) is 12.5 Å². The van der Waals surface area contributed by atoms with Crippen LogP contribution in [-0.4, -0.2) is 23.2 Å². The third-order valence-corrected chi connectivity index (χ3v) is 3.13. The molecule has 0 saturated carbocycles. The van der Waals surface area contributed by atoms with Gasteiger partial charge >= 0.3 is 0 Å². The Kier molecular flexibility index (Phi) is 5.10. The molecule has 0 saturated heterocycles. The molecule has 4 heteroatoms. The molecule has 1 atom stereocenters. The highest BCUT2D eigenvalue weighted by atomic mass is 35.5. The summed E-state index contributed by atoms with van der Waals surface area (Å²) in [4.78, 5) is 0. The van der Waals surface area contributed by atoms with E-state index in [-0.39, 0.29) is 6.10 Å². The lowest BCUT2D eigenvalue weighted by atomic mass is 10.1. The molecule has 1 N–H and O–H groups in total. The summed E-state index contributed by atoms with van der Waals surface area (Å²) in [7, 11) is 0. The average Bonchev–Trinajstić information content (AvgIpc) is 2.10. The van der Waals surface area contributed by atoms with Gasteiger partial charge in [-0.25, -0.2) is 0 Å². The summed E-state index contributed by atoms with van der Waals surface area (Å²) in [5, 5.41) is 10.8. The number of benzene rings is 1. The number of aliphatic hydroxyl groups is 1. The summed E-state index contributed by atoms with van der Waals surface area (Å²) in [5.41, 5.74) is 0.942. The first kappa shape index (κ1) is 12.2. The summed E-state index contributed by atoms with van der Waals surface area (Å²) in [6.07, 6.45) is 2.20. The zero-order valence-corrected chi connectivity index (χ0v) is 10.2. The van der Waals surface area contributed by atoms with Gasteiger partial charge in [-0.15, -0.1) is 0 Å². The summed E-state index contributed by atoms with van der Waals surface area (Å²) in [5.74, 6) is 0.721. The van der Waals surface area contributed by atoms with E-state index in [1.807, 2.05) is 12.3 Å². The Bertz CT molecular complexity index is 304. The van der Waals surface area contributed by atoms with E-state index in [0.717, 1.165) is 11.3 Å². The Morgan fingerprint density at radius 1 is 1.43 bits per heavy atom. The van der Waals surface area contributed by atoms with E-state index in [4.69, 9.17) is 23.2 Å². The minimum absolute atomic E-state index is 0.344. The third kappa shape index (κ3) is 3.70. The van der Waals surface area contributed by atoms with Crippen LogP contribution in [-0.2, 0) is 6.42 Å². The van der Waals surface area contributed by atoms with Gasteiger partial charge in [-0.2, -0.15) is 11.8 Å². The maximum atomic E-state index is 9.58. The molecule has 78 valence electrons. The van der Waals surface area contributed by atoms with Crippen molar-refractivity contribution in [3.8, 4) is 0 Å². The van der Waals surface area contributed by atoms with E-state index < -0.39 is 0 Å². The molecule has 0 bridgehead atoms. The number of halogens is 2. The lowest BCUT2D eigenvalue weighted by Crippen LogP contribution is -2.13. The topological polar surface area (TPSA) is 20.2 Å². The second kappa shape index (κ2) is 5.86. The fourth-order valence-corrected chi connectivity index (χ4v) is 2.18. The monoisotopic (exact) mass is 250 g/mol. The zero-order chi connectivity index (χ0) is 10.6. The Hall–Kier alpha value is 0.110. The van der Waals surface area contributed by atoms with Crippen molar-refractivity contribution in [1.82, 2.24) is 0 Å². The van der Waals surface area contributed by atoms with Crippen LogP contribution in [0.25, 0.3) is 0 Å². The number of hydrogen-bond acceptors (Lipinski definition) is 2. The molecular weight excluding hydrogens is 239 g/mol. The minimum Gasteiger partial charge on any atom is -0.392 e. The predicted molar refractivity (Wildman–Crippen MR) is 64.6 cm³/mol. The largest absolute Gasteiger partial charge is 0.392 e. The molecule has 0 aliphatic carbocycles. The molecule has 0 aromatic heterocycles. The van der Waals surface area contributed by atoms with Gasteiger partial charge in [-0.05, 0) is 24.0 Å². The second-order valence-electron chi connectivity index (χ2n) is 3.05. The molecule has 0 heterocycles. The highest BCUT2D eigenvalue weighted by molar-refractivity contribution is 7.98. The Morgan fingerprint density at radius 3 is 2.71 bits per heavy atom. The van der Waals surface area contributed by atoms with E-state index in [9.17, 15) is 5.11 Å². The third-order valence-electron chi connectivity index (χ3n) is 1.83. The molecule has 0 fully saturated rings. The van der Waals surface area contributed by atoms with Crippen LogP contribution in [0.3, 0.4) is 0 Å². The lowest BCUT2D eigenvalue weighted by molar-refractivity contribution is 0.200. The maximum Gasteiger partial charge on any atom is 0.0671 e. The molecule has 1 nitrogen and oxygen atoms in total. The maximum absolute atomic E-state index is 9.58. The second-order valence-corrected chi connectivity index (χ2v) is 4.80. The van der Waals surface area contributed by atoms with Crippen molar-refractivity contribution in [3.05, 3.63) is 33.8 Å². The van der Waals surface area contributed by atoms with E-state index in [2.05, 4.69) is 0 Å². The number of aliphatic hydroxyl groups excluding tert-OH is 1. The van der Waals surface area contributed by atoms with Crippen LogP contribution in [0.4, 0.5) is 0 Å². The van der Waals surface area contributed by atoms with E-state index in [0.29, 0.717) is 16.5 Å². The van der Waals surface area contributed by atoms with E-state index in [1.165, 1.54) is 0 Å². The lowest BCUT2D eigenvalue weighted by Gasteiger charge is -2.10. The van der Waals surface area contributed by atoms with Gasteiger partial charge in [-0.1, -0.05) is 29.3 Å². The molecule has 1 aromatic carbocycles. The molecule has 14 heavy (non-hydrogen) atoms. The number of thioether (sulfide) groups is 1. The van der Waals surface area contributed by atoms with Crippen molar-refractivity contribution in [2.24, 2.45) is 0 Å². The molecule has 0 radical (unpaired) electrons. The van der Waals surface area contributed by atoms with Gasteiger partial charge in [0.2, 0.25) is 0 Å². The summed E-state index contributed by atoms with van der Waals surface area (Å²) in [6, 6.07) is 5.34. The van der Waals surface area contributed by atoms with Crippen molar-refractivity contribution in [3.63, 3.8) is 0 Å². The van der Waals surface area contributed by atoms with Crippen LogP contribution in [0.5, 0.6) is 0 Å². The van der Waals surface area contributed by atoms with Crippen molar-refractivity contribution >= 4 is 35.0 Å². The average molecular weight is 251 g/mol. The SMILES string of the molecule is CSCC(O)Cc1ccc(Cl)cc1Cl. The van der Waals surface area contributed by atoms with Crippen LogP contribution in [0.1, 0.15) is 5.56 Å². The number of rotatable bonds is 4. The van der Waals surface area contributed by atoms with Gasteiger partial charge in [-0.3, -0.25) is 0 Å². The summed E-state index contributed by atoms with van der Waals surface area (Å²) < 4.78 is 0. The van der Waals surface area contributed by atoms with Crippen LogP contribution in [0, 0.1) is 0 Å². The highest BCUT2D eigenvalue weighted by Crippen LogP contribution is 2.22. The smallest absolute Gasteiger partial charge is 0.0671 e. The Balaban J connectivity index is 2.67. The molecule has 1 rings (SSSR count). The van der Waals surface area contributed by atoms with Crippen molar-refractivity contribution in [1.29, 1.82) is 0 Å². The van der Waals surface area contributed by atoms with Gasteiger partial charge in [0.25, 0.3) is 0 Å². The van der Waals surface area contributed by atoms with Crippen molar-refractivity contribution in [2.75, 3.05) is 12.0 Å². The molecule has 0 aliphatic heterocycles. The fraction of sp³-hybridized carbons (Fsp3) is 0.400. The normalized spacial score (nSPS) is 12.9. The molecule has 1 unspecified atom stereocenters. The summed E-state index contributed by atoms with van der Waals surface area (Å²) >= 11 is 13.4. The molecule has 0 amide bonds. The standard InChI is InChI=1S/C10H12Cl2OS/c1-14-6-9(13)4-7-2-3-8(11)5-10(7)12/h2-3,5,9,13H,4,6H2,1H3. The van der Waals surface area contributed by atoms with Crippen LogP contribution in [0.2, 0.25) is 10.0 Å². The van der Waals surface area contributed by atoms with E-state index >= 15 is 0 Å². The van der Waals surface area contributed by atoms with Gasteiger partial charge in [0.05, 0.1) is 6.10 Å². The Morgan fingerprint density at radius 2 is 2.14 bits per heavy atom. The fourth-order valence-electron chi connectivity index (χ4n) is 1.19. The first-order chi connectivity index (χ1) is 6.63. The first-order valence-electron chi connectivity index (χ1n) is 4.24. The first-order valence-corrected chi connectivity index (χ1v) is 6.39. The van der Waals surface area contributed by atoms with Crippen molar-refractivity contribution < 1.29 is 5.11 Å².